The maximum atomic E-state index is 13.3. The Kier molecular flexibility index (Phi) is 7.82. The van der Waals surface area contributed by atoms with Gasteiger partial charge in [-0.3, -0.25) is 4.79 Å². The zero-order valence-electron chi connectivity index (χ0n) is 20.7. The monoisotopic (exact) mass is 516 g/mol. The minimum absolute atomic E-state index is 0.0518. The molecule has 0 radical (unpaired) electrons. The molecule has 2 N–H and O–H groups in total. The quantitative estimate of drug-likeness (QED) is 0.397. The summed E-state index contributed by atoms with van der Waals surface area (Å²) in [5.41, 5.74) is 4.54. The first-order valence-electron chi connectivity index (χ1n) is 12.8. The Labute approximate surface area is 221 Å². The van der Waals surface area contributed by atoms with E-state index in [1.54, 1.807) is 16.7 Å². The number of benzene rings is 3. The summed E-state index contributed by atoms with van der Waals surface area (Å²) in [7, 11) is 0. The number of fused-ring (bicyclic) bond motifs is 3. The number of carbonyl (C=O) groups excluding carboxylic acids is 1. The highest BCUT2D eigenvalue weighted by atomic mass is 32.2. The van der Waals surface area contributed by atoms with E-state index >= 15 is 0 Å². The van der Waals surface area contributed by atoms with Gasteiger partial charge in [0.1, 0.15) is 0 Å². The molecule has 1 fully saturated rings. The van der Waals surface area contributed by atoms with Gasteiger partial charge in [-0.05, 0) is 47.2 Å². The van der Waals surface area contributed by atoms with Crippen molar-refractivity contribution in [3.05, 3.63) is 90.0 Å². The van der Waals surface area contributed by atoms with E-state index in [-0.39, 0.29) is 30.9 Å². The second-order valence-electron chi connectivity index (χ2n) is 9.76. The molecule has 1 saturated heterocycles. The Bertz CT molecular complexity index is 1200. The minimum Gasteiger partial charge on any atom is -0.465 e. The fraction of sp³-hybridized carbons (Fsp3) is 0.333. The molecule has 7 heteroatoms. The molecule has 1 atom stereocenters. The van der Waals surface area contributed by atoms with Gasteiger partial charge in [-0.2, -0.15) is 0 Å². The van der Waals surface area contributed by atoms with Crippen molar-refractivity contribution < 1.29 is 19.8 Å². The van der Waals surface area contributed by atoms with E-state index in [9.17, 15) is 19.8 Å². The second kappa shape index (κ2) is 11.4. The number of rotatable bonds is 8. The molecule has 2 amide bonds. The summed E-state index contributed by atoms with van der Waals surface area (Å²) in [5.74, 6) is 0.339. The fourth-order valence-corrected chi connectivity index (χ4v) is 6.48. The number of hydrogen-bond donors (Lipinski definition) is 2. The summed E-state index contributed by atoms with van der Waals surface area (Å²) < 4.78 is 0. The van der Waals surface area contributed by atoms with Crippen LogP contribution in [0.5, 0.6) is 0 Å². The van der Waals surface area contributed by atoms with Gasteiger partial charge in [0.2, 0.25) is 5.91 Å². The van der Waals surface area contributed by atoms with Crippen LogP contribution in [0.15, 0.2) is 83.8 Å². The van der Waals surface area contributed by atoms with Crippen LogP contribution in [0, 0.1) is 0 Å². The van der Waals surface area contributed by atoms with Gasteiger partial charge in [0.25, 0.3) is 0 Å². The molecule has 3 aromatic rings. The van der Waals surface area contributed by atoms with Crippen molar-refractivity contribution in [2.45, 2.75) is 42.2 Å². The van der Waals surface area contributed by atoms with Gasteiger partial charge in [0.15, 0.2) is 0 Å². The van der Waals surface area contributed by atoms with Crippen molar-refractivity contribution in [3.8, 4) is 11.1 Å². The highest BCUT2D eigenvalue weighted by Gasteiger charge is 2.35. The zero-order valence-corrected chi connectivity index (χ0v) is 21.5. The van der Waals surface area contributed by atoms with Crippen LogP contribution in [-0.2, 0) is 4.79 Å². The van der Waals surface area contributed by atoms with Crippen LogP contribution in [0.1, 0.15) is 36.3 Å². The predicted octanol–water partition coefficient (Wildman–Crippen LogP) is 5.31. The molecule has 0 aromatic heterocycles. The Morgan fingerprint density at radius 2 is 1.46 bits per heavy atom. The number of amides is 2. The third-order valence-corrected chi connectivity index (χ3v) is 8.60. The maximum absolute atomic E-state index is 13.3. The minimum atomic E-state index is -1.01. The molecule has 6 nitrogen and oxygen atoms in total. The van der Waals surface area contributed by atoms with Crippen molar-refractivity contribution in [2.24, 2.45) is 0 Å². The summed E-state index contributed by atoms with van der Waals surface area (Å²) in [6.07, 6.45) is -0.131. The first-order chi connectivity index (χ1) is 18.0. The van der Waals surface area contributed by atoms with Crippen molar-refractivity contribution in [2.75, 3.05) is 25.4 Å². The zero-order chi connectivity index (χ0) is 25.8. The van der Waals surface area contributed by atoms with E-state index in [1.807, 2.05) is 54.6 Å². The lowest BCUT2D eigenvalue weighted by Crippen LogP contribution is -2.48. The second-order valence-corrected chi connectivity index (χ2v) is 10.8. The molecule has 0 saturated carbocycles. The molecule has 192 valence electrons. The Hall–Kier alpha value is -3.29. The van der Waals surface area contributed by atoms with Crippen LogP contribution in [-0.4, -0.2) is 69.5 Å². The van der Waals surface area contributed by atoms with Crippen molar-refractivity contribution in [3.63, 3.8) is 0 Å². The first-order valence-corrected chi connectivity index (χ1v) is 13.8. The van der Waals surface area contributed by atoms with E-state index in [1.165, 1.54) is 4.90 Å². The van der Waals surface area contributed by atoms with Gasteiger partial charge in [0.05, 0.1) is 12.1 Å². The molecule has 0 bridgehead atoms. The number of aliphatic hydroxyl groups excluding tert-OH is 1. The van der Waals surface area contributed by atoms with Crippen LogP contribution in [0.3, 0.4) is 0 Å². The van der Waals surface area contributed by atoms with Crippen LogP contribution < -0.4 is 0 Å². The summed E-state index contributed by atoms with van der Waals surface area (Å²) >= 11 is 1.58. The van der Waals surface area contributed by atoms with E-state index in [4.69, 9.17) is 0 Å². The SMILES string of the molecule is O=C(CC(CSc1ccccc1)N(CC1c2ccccc2-c2ccccc21)C(=O)O)N1CCC(O)CC1. The summed E-state index contributed by atoms with van der Waals surface area (Å²) in [6.45, 7) is 1.30. The molecule has 3 aromatic carbocycles. The van der Waals surface area contributed by atoms with Crippen LogP contribution in [0.4, 0.5) is 4.79 Å². The van der Waals surface area contributed by atoms with Gasteiger partial charge in [-0.15, -0.1) is 11.8 Å². The molecule has 1 aliphatic heterocycles. The Morgan fingerprint density at radius 3 is 2.05 bits per heavy atom. The van der Waals surface area contributed by atoms with Crippen LogP contribution in [0.2, 0.25) is 0 Å². The van der Waals surface area contributed by atoms with E-state index < -0.39 is 12.1 Å². The molecular formula is C30H32N2O4S. The number of piperidine rings is 1. The van der Waals surface area contributed by atoms with Crippen molar-refractivity contribution in [1.82, 2.24) is 9.80 Å². The average Bonchev–Trinajstić information content (AvgIpc) is 3.24. The smallest absolute Gasteiger partial charge is 0.407 e. The maximum Gasteiger partial charge on any atom is 0.407 e. The van der Waals surface area contributed by atoms with Gasteiger partial charge < -0.3 is 20.0 Å². The third kappa shape index (κ3) is 5.68. The largest absolute Gasteiger partial charge is 0.465 e. The van der Waals surface area contributed by atoms with Gasteiger partial charge in [0, 0.05) is 42.6 Å². The molecule has 2 aliphatic rings. The number of carboxylic acid groups (broad SMARTS) is 1. The molecule has 0 spiro atoms. The Balaban J connectivity index is 1.41. The van der Waals surface area contributed by atoms with Gasteiger partial charge in [-0.1, -0.05) is 66.7 Å². The number of aliphatic hydroxyl groups is 1. The predicted molar refractivity (Wildman–Crippen MR) is 146 cm³/mol. The highest BCUT2D eigenvalue weighted by Crippen LogP contribution is 2.45. The number of carbonyl (C=O) groups is 2. The highest BCUT2D eigenvalue weighted by molar-refractivity contribution is 7.99. The third-order valence-electron chi connectivity index (χ3n) is 7.44. The molecule has 37 heavy (non-hydrogen) atoms. The lowest BCUT2D eigenvalue weighted by atomic mass is 9.95. The normalized spacial score (nSPS) is 16.2. The number of nitrogens with zero attached hydrogens (tertiary/aromatic N) is 2. The molecule has 1 heterocycles. The topological polar surface area (TPSA) is 81.1 Å². The lowest BCUT2D eigenvalue weighted by Gasteiger charge is -2.35. The van der Waals surface area contributed by atoms with Crippen molar-refractivity contribution in [1.29, 1.82) is 0 Å². The van der Waals surface area contributed by atoms with E-state index in [0.29, 0.717) is 31.7 Å². The van der Waals surface area contributed by atoms with Crippen LogP contribution >= 0.6 is 11.8 Å². The standard InChI is InChI=1S/C30H32N2O4S/c33-22-14-16-31(17-15-22)29(34)18-21(20-37-23-8-2-1-3-9-23)32(30(35)36)19-28-26-12-6-4-10-24(26)25-11-5-7-13-27(25)28/h1-13,21-22,28,33H,14-20H2,(H,35,36). The summed E-state index contributed by atoms with van der Waals surface area (Å²) in [4.78, 5) is 30.3. The first kappa shape index (κ1) is 25.4. The molecular weight excluding hydrogens is 484 g/mol. The van der Waals surface area contributed by atoms with E-state index in [2.05, 4.69) is 24.3 Å². The van der Waals surface area contributed by atoms with Gasteiger partial charge >= 0.3 is 6.09 Å². The number of thioether (sulfide) groups is 1. The van der Waals surface area contributed by atoms with Gasteiger partial charge in [-0.25, -0.2) is 4.79 Å². The Morgan fingerprint density at radius 1 is 0.892 bits per heavy atom. The lowest BCUT2D eigenvalue weighted by molar-refractivity contribution is -0.134. The van der Waals surface area contributed by atoms with E-state index in [0.717, 1.165) is 27.1 Å². The average molecular weight is 517 g/mol. The molecule has 1 aliphatic carbocycles. The van der Waals surface area contributed by atoms with Crippen LogP contribution in [0.25, 0.3) is 11.1 Å². The molecule has 1 unspecified atom stereocenters. The number of likely N-dealkylation sites (tertiary alicyclic amines) is 1. The number of hydrogen-bond acceptors (Lipinski definition) is 4. The molecule has 5 rings (SSSR count). The fourth-order valence-electron chi connectivity index (χ4n) is 5.45. The summed E-state index contributed by atoms with van der Waals surface area (Å²) in [5, 5.41) is 20.3. The van der Waals surface area contributed by atoms with Crippen molar-refractivity contribution >= 4 is 23.8 Å². The summed E-state index contributed by atoms with van der Waals surface area (Å²) in [6, 6.07) is 25.8.